The van der Waals surface area contributed by atoms with E-state index >= 15 is 0 Å². The van der Waals surface area contributed by atoms with Gasteiger partial charge in [0.05, 0.1) is 0 Å². The van der Waals surface area contributed by atoms with Crippen molar-refractivity contribution in [3.63, 3.8) is 0 Å². The molecule has 116 valence electrons. The van der Waals surface area contributed by atoms with Gasteiger partial charge < -0.3 is 14.2 Å². The quantitative estimate of drug-likeness (QED) is 0.869. The molecular formula is C17H19ClN2O2. The van der Waals surface area contributed by atoms with Gasteiger partial charge in [-0.3, -0.25) is 4.79 Å². The summed E-state index contributed by atoms with van der Waals surface area (Å²) in [5, 5.41) is 0.735. The summed E-state index contributed by atoms with van der Waals surface area (Å²) < 4.78 is 5.55. The molecule has 1 saturated heterocycles. The SMILES string of the molecule is CCc1ccc(C(=O)N2CCN(c3cccc(Cl)c3)CC2)o1. The van der Waals surface area contributed by atoms with Crippen molar-refractivity contribution in [3.8, 4) is 0 Å². The number of amides is 1. The van der Waals surface area contributed by atoms with Crippen LogP contribution in [0.15, 0.2) is 40.8 Å². The molecule has 5 heteroatoms. The van der Waals surface area contributed by atoms with Gasteiger partial charge in [0, 0.05) is 43.3 Å². The summed E-state index contributed by atoms with van der Waals surface area (Å²) >= 11 is 6.04. The van der Waals surface area contributed by atoms with Crippen molar-refractivity contribution in [3.05, 3.63) is 52.9 Å². The lowest BCUT2D eigenvalue weighted by Gasteiger charge is -2.35. The summed E-state index contributed by atoms with van der Waals surface area (Å²) in [5.41, 5.74) is 1.10. The summed E-state index contributed by atoms with van der Waals surface area (Å²) in [7, 11) is 0. The molecule has 0 atom stereocenters. The maximum Gasteiger partial charge on any atom is 0.289 e. The number of benzene rings is 1. The number of piperazine rings is 1. The first-order valence-electron chi connectivity index (χ1n) is 7.56. The molecule has 3 rings (SSSR count). The Morgan fingerprint density at radius 3 is 2.59 bits per heavy atom. The molecule has 0 spiro atoms. The third-order valence-corrected chi connectivity index (χ3v) is 4.20. The minimum absolute atomic E-state index is 0.0227. The van der Waals surface area contributed by atoms with Gasteiger partial charge in [0.25, 0.3) is 5.91 Å². The van der Waals surface area contributed by atoms with E-state index in [-0.39, 0.29) is 5.91 Å². The smallest absolute Gasteiger partial charge is 0.289 e. The lowest BCUT2D eigenvalue weighted by molar-refractivity contribution is 0.0713. The minimum atomic E-state index is -0.0227. The van der Waals surface area contributed by atoms with E-state index in [1.54, 1.807) is 6.07 Å². The van der Waals surface area contributed by atoms with Gasteiger partial charge in [0.15, 0.2) is 5.76 Å². The average molecular weight is 319 g/mol. The topological polar surface area (TPSA) is 36.7 Å². The predicted molar refractivity (Wildman–Crippen MR) is 87.7 cm³/mol. The Morgan fingerprint density at radius 2 is 1.95 bits per heavy atom. The van der Waals surface area contributed by atoms with Crippen LogP contribution in [-0.2, 0) is 6.42 Å². The van der Waals surface area contributed by atoms with Gasteiger partial charge >= 0.3 is 0 Å². The molecule has 1 aromatic heterocycles. The Hall–Kier alpha value is -1.94. The standard InChI is InChI=1S/C17H19ClN2O2/c1-2-15-6-7-16(22-15)17(21)20-10-8-19(9-11-20)14-5-3-4-13(18)12-14/h3-7,12H,2,8-11H2,1H3. The van der Waals surface area contributed by atoms with E-state index in [1.165, 1.54) is 0 Å². The molecule has 22 heavy (non-hydrogen) atoms. The van der Waals surface area contributed by atoms with Crippen molar-refractivity contribution in [2.24, 2.45) is 0 Å². The highest BCUT2D eigenvalue weighted by molar-refractivity contribution is 6.30. The fraction of sp³-hybridized carbons (Fsp3) is 0.353. The molecule has 0 saturated carbocycles. The van der Waals surface area contributed by atoms with Crippen LogP contribution in [0.5, 0.6) is 0 Å². The Bertz CT molecular complexity index is 660. The number of hydrogen-bond donors (Lipinski definition) is 0. The van der Waals surface area contributed by atoms with E-state index in [2.05, 4.69) is 4.90 Å². The second-order valence-corrected chi connectivity index (χ2v) is 5.82. The van der Waals surface area contributed by atoms with E-state index in [0.717, 1.165) is 36.0 Å². The lowest BCUT2D eigenvalue weighted by atomic mass is 10.2. The molecule has 1 aliphatic rings. The van der Waals surface area contributed by atoms with E-state index in [9.17, 15) is 4.79 Å². The van der Waals surface area contributed by atoms with E-state index in [0.29, 0.717) is 18.8 Å². The van der Waals surface area contributed by atoms with Crippen LogP contribution >= 0.6 is 11.6 Å². The monoisotopic (exact) mass is 318 g/mol. The molecule has 1 aromatic carbocycles. The minimum Gasteiger partial charge on any atom is -0.456 e. The van der Waals surface area contributed by atoms with Crippen LogP contribution in [0.1, 0.15) is 23.2 Å². The number of carbonyl (C=O) groups is 1. The second-order valence-electron chi connectivity index (χ2n) is 5.38. The second kappa shape index (κ2) is 6.44. The first-order valence-corrected chi connectivity index (χ1v) is 7.93. The molecule has 2 aromatic rings. The van der Waals surface area contributed by atoms with Crippen LogP contribution in [-0.4, -0.2) is 37.0 Å². The third-order valence-electron chi connectivity index (χ3n) is 3.96. The first-order chi connectivity index (χ1) is 10.7. The van der Waals surface area contributed by atoms with Crippen LogP contribution in [0.3, 0.4) is 0 Å². The van der Waals surface area contributed by atoms with Crippen molar-refractivity contribution in [1.82, 2.24) is 4.90 Å². The Labute approximate surface area is 135 Å². The number of nitrogens with zero attached hydrogens (tertiary/aromatic N) is 2. The number of hydrogen-bond acceptors (Lipinski definition) is 3. The lowest BCUT2D eigenvalue weighted by Crippen LogP contribution is -2.48. The molecule has 0 bridgehead atoms. The van der Waals surface area contributed by atoms with Gasteiger partial charge in [-0.25, -0.2) is 0 Å². The Kier molecular flexibility index (Phi) is 4.39. The Morgan fingerprint density at radius 1 is 1.18 bits per heavy atom. The van der Waals surface area contributed by atoms with Gasteiger partial charge in [0.2, 0.25) is 0 Å². The van der Waals surface area contributed by atoms with E-state index < -0.39 is 0 Å². The number of carbonyl (C=O) groups excluding carboxylic acids is 1. The molecule has 0 aliphatic carbocycles. The number of rotatable bonds is 3. The van der Waals surface area contributed by atoms with Crippen molar-refractivity contribution in [2.75, 3.05) is 31.1 Å². The molecular weight excluding hydrogens is 300 g/mol. The highest BCUT2D eigenvalue weighted by Gasteiger charge is 2.24. The highest BCUT2D eigenvalue weighted by Crippen LogP contribution is 2.21. The fourth-order valence-corrected chi connectivity index (χ4v) is 2.86. The molecule has 0 radical (unpaired) electrons. The van der Waals surface area contributed by atoms with Gasteiger partial charge in [-0.05, 0) is 30.3 Å². The average Bonchev–Trinajstić information content (AvgIpc) is 3.03. The van der Waals surface area contributed by atoms with Crippen LogP contribution in [0.4, 0.5) is 5.69 Å². The van der Waals surface area contributed by atoms with Crippen molar-refractivity contribution in [1.29, 1.82) is 0 Å². The van der Waals surface area contributed by atoms with Crippen molar-refractivity contribution >= 4 is 23.2 Å². The molecule has 0 N–H and O–H groups in total. The third kappa shape index (κ3) is 3.12. The number of furan rings is 1. The van der Waals surface area contributed by atoms with E-state index in [1.807, 2.05) is 42.2 Å². The van der Waals surface area contributed by atoms with Crippen LogP contribution < -0.4 is 4.90 Å². The molecule has 0 unspecified atom stereocenters. The summed E-state index contributed by atoms with van der Waals surface area (Å²) in [6.45, 7) is 4.98. The van der Waals surface area contributed by atoms with Crippen LogP contribution in [0.25, 0.3) is 0 Å². The number of anilines is 1. The van der Waals surface area contributed by atoms with Gasteiger partial charge in [-0.1, -0.05) is 24.6 Å². The van der Waals surface area contributed by atoms with Crippen LogP contribution in [0.2, 0.25) is 5.02 Å². The summed E-state index contributed by atoms with van der Waals surface area (Å²) in [5.74, 6) is 1.26. The maximum absolute atomic E-state index is 12.4. The molecule has 4 nitrogen and oxygen atoms in total. The predicted octanol–water partition coefficient (Wildman–Crippen LogP) is 3.46. The normalized spacial score (nSPS) is 15.2. The molecule has 1 fully saturated rings. The largest absolute Gasteiger partial charge is 0.456 e. The number of aryl methyl sites for hydroxylation is 1. The summed E-state index contributed by atoms with van der Waals surface area (Å²) in [4.78, 5) is 16.5. The van der Waals surface area contributed by atoms with Gasteiger partial charge in [-0.2, -0.15) is 0 Å². The molecule has 1 amide bonds. The van der Waals surface area contributed by atoms with Crippen molar-refractivity contribution in [2.45, 2.75) is 13.3 Å². The first kappa shape index (κ1) is 15.0. The van der Waals surface area contributed by atoms with Crippen LogP contribution in [0, 0.1) is 0 Å². The maximum atomic E-state index is 12.4. The zero-order valence-electron chi connectivity index (χ0n) is 12.6. The van der Waals surface area contributed by atoms with Gasteiger partial charge in [0.1, 0.15) is 5.76 Å². The summed E-state index contributed by atoms with van der Waals surface area (Å²) in [6.07, 6.45) is 0.801. The fourth-order valence-electron chi connectivity index (χ4n) is 2.68. The van der Waals surface area contributed by atoms with Crippen molar-refractivity contribution < 1.29 is 9.21 Å². The Balaban J connectivity index is 1.62. The molecule has 2 heterocycles. The zero-order chi connectivity index (χ0) is 15.5. The zero-order valence-corrected chi connectivity index (χ0v) is 13.3. The highest BCUT2D eigenvalue weighted by atomic mass is 35.5. The van der Waals surface area contributed by atoms with E-state index in [4.69, 9.17) is 16.0 Å². The van der Waals surface area contributed by atoms with Gasteiger partial charge in [-0.15, -0.1) is 0 Å². The number of halogens is 1. The molecule has 1 aliphatic heterocycles. The summed E-state index contributed by atoms with van der Waals surface area (Å²) in [6, 6.07) is 11.5.